The van der Waals surface area contributed by atoms with Crippen LogP contribution in [0, 0.1) is 5.92 Å². The van der Waals surface area contributed by atoms with Crippen LogP contribution in [0.1, 0.15) is 61.9 Å². The summed E-state index contributed by atoms with van der Waals surface area (Å²) in [6, 6.07) is 8.01. The maximum absolute atomic E-state index is 12.7. The third kappa shape index (κ3) is 5.36. The Kier molecular flexibility index (Phi) is 7.29. The van der Waals surface area contributed by atoms with Crippen LogP contribution >= 0.6 is 0 Å². The van der Waals surface area contributed by atoms with Crippen molar-refractivity contribution in [3.8, 4) is 0 Å². The molecule has 1 atom stereocenters. The van der Waals surface area contributed by atoms with Gasteiger partial charge in [-0.25, -0.2) is 0 Å². The molecule has 1 aliphatic rings. The van der Waals surface area contributed by atoms with Gasteiger partial charge in [0.25, 0.3) is 5.91 Å². The van der Waals surface area contributed by atoms with Crippen molar-refractivity contribution in [1.82, 2.24) is 10.2 Å². The minimum absolute atomic E-state index is 0.114. The SMILES string of the molecule is CCCC(=O)NC[C@H]1CCCN(C(=O)c2ccc(CCC)cc2)C1. The van der Waals surface area contributed by atoms with Crippen LogP contribution < -0.4 is 5.32 Å². The lowest BCUT2D eigenvalue weighted by atomic mass is 9.97. The topological polar surface area (TPSA) is 49.4 Å². The number of hydrogen-bond acceptors (Lipinski definition) is 2. The highest BCUT2D eigenvalue weighted by atomic mass is 16.2. The molecular weight excluding hydrogens is 300 g/mol. The van der Waals surface area contributed by atoms with E-state index in [1.165, 1.54) is 5.56 Å². The molecule has 24 heavy (non-hydrogen) atoms. The first kappa shape index (κ1) is 18.5. The quantitative estimate of drug-likeness (QED) is 0.833. The van der Waals surface area contributed by atoms with Crippen molar-refractivity contribution in [2.45, 2.75) is 52.4 Å². The van der Waals surface area contributed by atoms with Crippen molar-refractivity contribution in [3.05, 3.63) is 35.4 Å². The van der Waals surface area contributed by atoms with Gasteiger partial charge < -0.3 is 10.2 Å². The molecule has 1 N–H and O–H groups in total. The molecule has 0 unspecified atom stereocenters. The number of aryl methyl sites for hydroxylation is 1. The zero-order valence-electron chi connectivity index (χ0n) is 15.0. The van der Waals surface area contributed by atoms with Gasteiger partial charge in [0.05, 0.1) is 0 Å². The fraction of sp³-hybridized carbons (Fsp3) is 0.600. The molecule has 0 aliphatic carbocycles. The van der Waals surface area contributed by atoms with E-state index in [9.17, 15) is 9.59 Å². The maximum Gasteiger partial charge on any atom is 0.253 e. The van der Waals surface area contributed by atoms with Crippen LogP contribution in [0.2, 0.25) is 0 Å². The van der Waals surface area contributed by atoms with Gasteiger partial charge in [-0.3, -0.25) is 9.59 Å². The molecule has 1 fully saturated rings. The zero-order valence-corrected chi connectivity index (χ0v) is 15.0. The number of carbonyl (C=O) groups excluding carboxylic acids is 2. The molecule has 1 aromatic rings. The lowest BCUT2D eigenvalue weighted by Crippen LogP contribution is -2.43. The second-order valence-electron chi connectivity index (χ2n) is 6.76. The number of nitrogens with zero attached hydrogens (tertiary/aromatic N) is 1. The van der Waals surface area contributed by atoms with Crippen molar-refractivity contribution in [1.29, 1.82) is 0 Å². The zero-order chi connectivity index (χ0) is 17.4. The average Bonchev–Trinajstić information content (AvgIpc) is 2.61. The van der Waals surface area contributed by atoms with Crippen molar-refractivity contribution in [2.75, 3.05) is 19.6 Å². The molecule has 4 nitrogen and oxygen atoms in total. The number of nitrogens with one attached hydrogen (secondary N) is 1. The van der Waals surface area contributed by atoms with Crippen LogP contribution in [0.3, 0.4) is 0 Å². The first-order valence-electron chi connectivity index (χ1n) is 9.29. The Morgan fingerprint density at radius 1 is 1.17 bits per heavy atom. The molecule has 2 amide bonds. The number of amides is 2. The van der Waals surface area contributed by atoms with E-state index in [4.69, 9.17) is 0 Å². The Labute approximate surface area is 145 Å². The Balaban J connectivity index is 1.88. The summed E-state index contributed by atoms with van der Waals surface area (Å²) in [5.41, 5.74) is 2.05. The van der Waals surface area contributed by atoms with Gasteiger partial charge in [0.1, 0.15) is 0 Å². The summed E-state index contributed by atoms with van der Waals surface area (Å²) in [6.45, 7) is 6.40. The van der Waals surface area contributed by atoms with Crippen LogP contribution in [-0.4, -0.2) is 36.3 Å². The standard InChI is InChI=1S/C20H30N2O2/c1-3-6-16-9-11-18(12-10-16)20(24)22-13-5-8-17(15-22)14-21-19(23)7-4-2/h9-12,17H,3-8,13-15H2,1-2H3,(H,21,23)/t17-/m1/s1. The van der Waals surface area contributed by atoms with E-state index in [1.807, 2.05) is 24.0 Å². The summed E-state index contributed by atoms with van der Waals surface area (Å²) in [4.78, 5) is 26.2. The predicted molar refractivity (Wildman–Crippen MR) is 97.0 cm³/mol. The first-order valence-corrected chi connectivity index (χ1v) is 9.29. The Morgan fingerprint density at radius 2 is 1.92 bits per heavy atom. The summed E-state index contributed by atoms with van der Waals surface area (Å²) < 4.78 is 0. The number of likely N-dealkylation sites (tertiary alicyclic amines) is 1. The van der Waals surface area contributed by atoms with Crippen LogP contribution in [0.5, 0.6) is 0 Å². The lowest BCUT2D eigenvalue weighted by Gasteiger charge is -2.33. The van der Waals surface area contributed by atoms with Crippen molar-refractivity contribution in [2.24, 2.45) is 5.92 Å². The first-order chi connectivity index (χ1) is 11.6. The van der Waals surface area contributed by atoms with Crippen molar-refractivity contribution < 1.29 is 9.59 Å². The lowest BCUT2D eigenvalue weighted by molar-refractivity contribution is -0.121. The number of rotatable bonds is 7. The van der Waals surface area contributed by atoms with Crippen LogP contribution in [0.15, 0.2) is 24.3 Å². The Morgan fingerprint density at radius 3 is 2.58 bits per heavy atom. The molecule has 0 bridgehead atoms. The van der Waals surface area contributed by atoms with Gasteiger partial charge in [-0.1, -0.05) is 32.4 Å². The van der Waals surface area contributed by atoms with Crippen LogP contribution in [0.4, 0.5) is 0 Å². The fourth-order valence-electron chi connectivity index (χ4n) is 3.28. The molecule has 0 spiro atoms. The van der Waals surface area contributed by atoms with E-state index >= 15 is 0 Å². The maximum atomic E-state index is 12.7. The normalized spacial score (nSPS) is 17.6. The third-order valence-corrected chi connectivity index (χ3v) is 4.61. The molecule has 1 aliphatic heterocycles. The van der Waals surface area contributed by atoms with E-state index < -0.39 is 0 Å². The molecule has 2 rings (SSSR count). The second-order valence-corrected chi connectivity index (χ2v) is 6.76. The van der Waals surface area contributed by atoms with E-state index in [0.717, 1.165) is 50.8 Å². The highest BCUT2D eigenvalue weighted by molar-refractivity contribution is 5.94. The molecular formula is C20H30N2O2. The van der Waals surface area contributed by atoms with E-state index in [0.29, 0.717) is 18.9 Å². The van der Waals surface area contributed by atoms with Gasteiger partial charge in [-0.05, 0) is 49.3 Å². The second kappa shape index (κ2) is 9.45. The van der Waals surface area contributed by atoms with Crippen LogP contribution in [0.25, 0.3) is 0 Å². The molecule has 0 aromatic heterocycles. The van der Waals surface area contributed by atoms with Crippen molar-refractivity contribution >= 4 is 11.8 Å². The summed E-state index contributed by atoms with van der Waals surface area (Å²) in [5.74, 6) is 0.595. The molecule has 132 valence electrons. The fourth-order valence-corrected chi connectivity index (χ4v) is 3.28. The van der Waals surface area contributed by atoms with E-state index in [1.54, 1.807) is 0 Å². The van der Waals surface area contributed by atoms with E-state index in [2.05, 4.69) is 24.4 Å². The summed E-state index contributed by atoms with van der Waals surface area (Å²) in [6.07, 6.45) is 5.71. The monoisotopic (exact) mass is 330 g/mol. The molecule has 1 saturated heterocycles. The molecule has 0 saturated carbocycles. The van der Waals surface area contributed by atoms with Gasteiger partial charge in [0.15, 0.2) is 0 Å². The molecule has 1 aromatic carbocycles. The number of piperidine rings is 1. The number of benzene rings is 1. The minimum atomic E-state index is 0.114. The Hall–Kier alpha value is -1.84. The van der Waals surface area contributed by atoms with Gasteiger partial charge in [-0.2, -0.15) is 0 Å². The molecule has 0 radical (unpaired) electrons. The van der Waals surface area contributed by atoms with Gasteiger partial charge in [-0.15, -0.1) is 0 Å². The van der Waals surface area contributed by atoms with Crippen LogP contribution in [-0.2, 0) is 11.2 Å². The number of hydrogen-bond donors (Lipinski definition) is 1. The highest BCUT2D eigenvalue weighted by Gasteiger charge is 2.24. The summed E-state index contributed by atoms with van der Waals surface area (Å²) in [5, 5.41) is 3.00. The average molecular weight is 330 g/mol. The molecule has 4 heteroatoms. The Bertz CT molecular complexity index is 539. The van der Waals surface area contributed by atoms with Gasteiger partial charge >= 0.3 is 0 Å². The van der Waals surface area contributed by atoms with Crippen molar-refractivity contribution in [3.63, 3.8) is 0 Å². The van der Waals surface area contributed by atoms with Gasteiger partial charge in [0.2, 0.25) is 5.91 Å². The molecule has 1 heterocycles. The van der Waals surface area contributed by atoms with Gasteiger partial charge in [0, 0.05) is 31.6 Å². The largest absolute Gasteiger partial charge is 0.356 e. The number of carbonyl (C=O) groups is 2. The smallest absolute Gasteiger partial charge is 0.253 e. The highest BCUT2D eigenvalue weighted by Crippen LogP contribution is 2.19. The summed E-state index contributed by atoms with van der Waals surface area (Å²) >= 11 is 0. The minimum Gasteiger partial charge on any atom is -0.356 e. The summed E-state index contributed by atoms with van der Waals surface area (Å²) in [7, 11) is 0. The van der Waals surface area contributed by atoms with E-state index in [-0.39, 0.29) is 11.8 Å². The third-order valence-electron chi connectivity index (χ3n) is 4.61. The predicted octanol–water partition coefficient (Wildman–Crippen LogP) is 3.41.